The van der Waals surface area contributed by atoms with Gasteiger partial charge in [-0.05, 0) is 36.4 Å². The summed E-state index contributed by atoms with van der Waals surface area (Å²) < 4.78 is 5.64. The van der Waals surface area contributed by atoms with E-state index in [0.29, 0.717) is 39.2 Å². The van der Waals surface area contributed by atoms with Gasteiger partial charge in [-0.2, -0.15) is 0 Å². The summed E-state index contributed by atoms with van der Waals surface area (Å²) in [6.45, 7) is 6.45. The summed E-state index contributed by atoms with van der Waals surface area (Å²) in [5.74, 6) is 0.770. The highest BCUT2D eigenvalue weighted by Crippen LogP contribution is 2.22. The molecule has 5 nitrogen and oxygen atoms in total. The molecule has 29 heavy (non-hydrogen) atoms. The highest BCUT2D eigenvalue weighted by atomic mass is 32.1. The van der Waals surface area contributed by atoms with Crippen LogP contribution in [0.15, 0.2) is 60.5 Å². The summed E-state index contributed by atoms with van der Waals surface area (Å²) >= 11 is 1.65. The maximum Gasteiger partial charge on any atom is 0.228 e. The van der Waals surface area contributed by atoms with Crippen molar-refractivity contribution in [3.8, 4) is 5.75 Å². The van der Waals surface area contributed by atoms with Crippen molar-refractivity contribution >= 4 is 23.2 Å². The van der Waals surface area contributed by atoms with Crippen molar-refractivity contribution in [2.75, 3.05) is 26.2 Å². The normalized spacial score (nSPS) is 16.3. The fourth-order valence-corrected chi connectivity index (χ4v) is 4.29. The molecule has 1 unspecified atom stereocenters. The Kier molecular flexibility index (Phi) is 7.87. The molecule has 1 aromatic carbocycles. The molecule has 3 rings (SSSR count). The fraction of sp³-hybridized carbons (Fsp3) is 0.391. The number of ether oxygens (including phenoxy) is 1. The topological polar surface area (TPSA) is 49.9 Å². The Morgan fingerprint density at radius 1 is 1.24 bits per heavy atom. The number of nitrogens with zero attached hydrogens (tertiary/aromatic N) is 2. The Hall–Kier alpha value is -2.60. The monoisotopic (exact) mass is 412 g/mol. The Labute approximate surface area is 176 Å². The molecular weight excluding hydrogens is 384 g/mol. The highest BCUT2D eigenvalue weighted by Gasteiger charge is 2.31. The molecule has 0 spiro atoms. The van der Waals surface area contributed by atoms with E-state index in [1.165, 1.54) is 0 Å². The number of carbonyl (C=O) groups is 2. The second-order valence-corrected chi connectivity index (χ2v) is 8.21. The van der Waals surface area contributed by atoms with Gasteiger partial charge in [-0.15, -0.1) is 17.9 Å². The van der Waals surface area contributed by atoms with E-state index < -0.39 is 0 Å². The number of thiophene rings is 1. The molecule has 0 radical (unpaired) electrons. The first-order valence-corrected chi connectivity index (χ1v) is 10.9. The van der Waals surface area contributed by atoms with Crippen LogP contribution in [0.25, 0.3) is 0 Å². The van der Waals surface area contributed by atoms with Crippen LogP contribution < -0.4 is 4.74 Å². The number of piperidine rings is 1. The van der Waals surface area contributed by atoms with Gasteiger partial charge in [0.25, 0.3) is 0 Å². The smallest absolute Gasteiger partial charge is 0.228 e. The molecule has 0 aliphatic carbocycles. The van der Waals surface area contributed by atoms with Crippen molar-refractivity contribution in [3.05, 3.63) is 65.4 Å². The van der Waals surface area contributed by atoms with Crippen LogP contribution in [-0.2, 0) is 16.1 Å². The van der Waals surface area contributed by atoms with Crippen molar-refractivity contribution in [2.24, 2.45) is 5.92 Å². The van der Waals surface area contributed by atoms with Gasteiger partial charge in [-0.25, -0.2) is 0 Å². The van der Waals surface area contributed by atoms with Crippen LogP contribution in [-0.4, -0.2) is 47.9 Å². The SMILES string of the molecule is C=CCN(Cc1cccs1)C(=O)C1CCCN(C(=O)CCOc2ccccc2)C1. The number of rotatable bonds is 9. The second-order valence-electron chi connectivity index (χ2n) is 7.18. The Bertz CT molecular complexity index is 792. The average molecular weight is 413 g/mol. The van der Waals surface area contributed by atoms with Gasteiger partial charge in [0.2, 0.25) is 11.8 Å². The number of hydrogen-bond acceptors (Lipinski definition) is 4. The predicted octanol–water partition coefficient (Wildman–Crippen LogP) is 3.97. The predicted molar refractivity (Wildman–Crippen MR) is 116 cm³/mol. The lowest BCUT2D eigenvalue weighted by Gasteiger charge is -2.34. The summed E-state index contributed by atoms with van der Waals surface area (Å²) in [6.07, 6.45) is 3.75. The van der Waals surface area contributed by atoms with Crippen LogP contribution >= 0.6 is 11.3 Å². The Morgan fingerprint density at radius 3 is 2.79 bits per heavy atom. The maximum absolute atomic E-state index is 13.1. The van der Waals surface area contributed by atoms with Crippen LogP contribution in [0.3, 0.4) is 0 Å². The summed E-state index contributed by atoms with van der Waals surface area (Å²) in [7, 11) is 0. The zero-order valence-electron chi connectivity index (χ0n) is 16.7. The van der Waals surface area contributed by atoms with Gasteiger partial charge in [0.1, 0.15) is 5.75 Å². The minimum atomic E-state index is -0.150. The van der Waals surface area contributed by atoms with Crippen LogP contribution in [0.5, 0.6) is 5.75 Å². The fourth-order valence-electron chi connectivity index (χ4n) is 3.57. The van der Waals surface area contributed by atoms with E-state index >= 15 is 0 Å². The standard InChI is InChI=1S/C23H28N2O3S/c1-2-13-25(18-21-11-7-16-29-21)23(27)19-8-6-14-24(17-19)22(26)12-15-28-20-9-4-3-5-10-20/h2-5,7,9-11,16,19H,1,6,8,12-15,17-18H2. The van der Waals surface area contributed by atoms with Crippen molar-refractivity contribution < 1.29 is 14.3 Å². The minimum Gasteiger partial charge on any atom is -0.493 e. The third kappa shape index (κ3) is 6.19. The number of amides is 2. The molecule has 1 fully saturated rings. The van der Waals surface area contributed by atoms with Gasteiger partial charge >= 0.3 is 0 Å². The van der Waals surface area contributed by atoms with Crippen LogP contribution in [0, 0.1) is 5.92 Å². The molecule has 0 bridgehead atoms. The maximum atomic E-state index is 13.1. The number of carbonyl (C=O) groups excluding carboxylic acids is 2. The van der Waals surface area contributed by atoms with E-state index in [4.69, 9.17) is 4.74 Å². The first-order chi connectivity index (χ1) is 14.2. The summed E-state index contributed by atoms with van der Waals surface area (Å²) in [5, 5.41) is 2.02. The van der Waals surface area contributed by atoms with E-state index in [2.05, 4.69) is 6.58 Å². The van der Waals surface area contributed by atoms with Crippen LogP contribution in [0.1, 0.15) is 24.1 Å². The van der Waals surface area contributed by atoms with Crippen molar-refractivity contribution in [1.82, 2.24) is 9.80 Å². The molecule has 154 valence electrons. The first kappa shape index (κ1) is 21.1. The third-order valence-electron chi connectivity index (χ3n) is 5.04. The molecule has 1 saturated heterocycles. The van der Waals surface area contributed by atoms with Crippen molar-refractivity contribution in [3.63, 3.8) is 0 Å². The molecule has 0 N–H and O–H groups in total. The summed E-state index contributed by atoms with van der Waals surface area (Å²) in [5.41, 5.74) is 0. The molecule has 0 saturated carbocycles. The van der Waals surface area contributed by atoms with E-state index in [1.54, 1.807) is 17.4 Å². The minimum absolute atomic E-state index is 0.0481. The lowest BCUT2D eigenvalue weighted by molar-refractivity contribution is -0.141. The first-order valence-electron chi connectivity index (χ1n) is 10.0. The van der Waals surface area contributed by atoms with Crippen molar-refractivity contribution in [1.29, 1.82) is 0 Å². The van der Waals surface area contributed by atoms with Gasteiger partial charge in [-0.1, -0.05) is 30.3 Å². The largest absolute Gasteiger partial charge is 0.493 e. The molecule has 6 heteroatoms. The number of likely N-dealkylation sites (tertiary alicyclic amines) is 1. The number of hydrogen-bond donors (Lipinski definition) is 0. The lowest BCUT2D eigenvalue weighted by atomic mass is 9.96. The molecule has 1 aliphatic heterocycles. The molecule has 1 aliphatic rings. The van der Waals surface area contributed by atoms with E-state index in [0.717, 1.165) is 23.5 Å². The van der Waals surface area contributed by atoms with Crippen LogP contribution in [0.4, 0.5) is 0 Å². The van der Waals surface area contributed by atoms with Gasteiger partial charge in [0.15, 0.2) is 0 Å². The molecular formula is C23H28N2O3S. The Balaban J connectivity index is 1.52. The van der Waals surface area contributed by atoms with E-state index in [9.17, 15) is 9.59 Å². The molecule has 1 atom stereocenters. The summed E-state index contributed by atoms with van der Waals surface area (Å²) in [4.78, 5) is 30.5. The van der Waals surface area contributed by atoms with Gasteiger partial charge < -0.3 is 14.5 Å². The third-order valence-corrected chi connectivity index (χ3v) is 5.90. The Morgan fingerprint density at radius 2 is 2.07 bits per heavy atom. The number of benzene rings is 1. The van der Waals surface area contributed by atoms with E-state index in [-0.39, 0.29) is 17.7 Å². The molecule has 2 aromatic rings. The zero-order chi connectivity index (χ0) is 20.5. The molecule has 2 amide bonds. The quantitative estimate of drug-likeness (QED) is 0.586. The second kappa shape index (κ2) is 10.8. The van der Waals surface area contributed by atoms with Crippen LogP contribution in [0.2, 0.25) is 0 Å². The molecule has 2 heterocycles. The zero-order valence-corrected chi connectivity index (χ0v) is 17.5. The average Bonchev–Trinajstić information content (AvgIpc) is 3.27. The lowest BCUT2D eigenvalue weighted by Crippen LogP contribution is -2.46. The van der Waals surface area contributed by atoms with E-state index in [1.807, 2.05) is 57.6 Å². The van der Waals surface area contributed by atoms with Gasteiger partial charge in [0.05, 0.1) is 25.5 Å². The molecule has 1 aromatic heterocycles. The number of para-hydroxylation sites is 1. The van der Waals surface area contributed by atoms with Gasteiger partial charge in [0, 0.05) is 24.5 Å². The highest BCUT2D eigenvalue weighted by molar-refractivity contribution is 7.09. The summed E-state index contributed by atoms with van der Waals surface area (Å²) in [6, 6.07) is 13.5. The van der Waals surface area contributed by atoms with Gasteiger partial charge in [-0.3, -0.25) is 9.59 Å². The van der Waals surface area contributed by atoms with Crippen molar-refractivity contribution in [2.45, 2.75) is 25.8 Å².